The zero-order valence-corrected chi connectivity index (χ0v) is 12.0. The fourth-order valence-electron chi connectivity index (χ4n) is 3.07. The predicted octanol–water partition coefficient (Wildman–Crippen LogP) is 2.79. The van der Waals surface area contributed by atoms with Gasteiger partial charge in [-0.2, -0.15) is 0 Å². The van der Waals surface area contributed by atoms with E-state index >= 15 is 0 Å². The first-order valence-electron chi connectivity index (χ1n) is 7.40. The Kier molecular flexibility index (Phi) is 5.23. The summed E-state index contributed by atoms with van der Waals surface area (Å²) in [5.74, 6) is 0.947. The Balaban J connectivity index is 2.19. The second-order valence-corrected chi connectivity index (χ2v) is 5.44. The van der Waals surface area contributed by atoms with E-state index in [1.165, 1.54) is 37.7 Å². The molecular weight excluding hydrogens is 236 g/mol. The summed E-state index contributed by atoms with van der Waals surface area (Å²) in [6.07, 6.45) is 7.41. The first kappa shape index (κ1) is 14.4. The topological polar surface area (TPSA) is 47.3 Å². The van der Waals surface area contributed by atoms with E-state index in [4.69, 9.17) is 10.5 Å². The van der Waals surface area contributed by atoms with Crippen molar-refractivity contribution in [3.63, 3.8) is 0 Å². The highest BCUT2D eigenvalue weighted by Gasteiger charge is 2.33. The summed E-state index contributed by atoms with van der Waals surface area (Å²) < 4.78 is 5.37. The highest BCUT2D eigenvalue weighted by molar-refractivity contribution is 5.34. The second kappa shape index (κ2) is 6.92. The van der Waals surface area contributed by atoms with Gasteiger partial charge in [-0.1, -0.05) is 31.4 Å². The molecule has 3 N–H and O–H groups in total. The zero-order chi connectivity index (χ0) is 13.6. The summed E-state index contributed by atoms with van der Waals surface area (Å²) in [4.78, 5) is 0. The average Bonchev–Trinajstić information content (AvgIpc) is 2.48. The van der Waals surface area contributed by atoms with E-state index in [0.29, 0.717) is 0 Å². The molecule has 3 nitrogen and oxygen atoms in total. The van der Waals surface area contributed by atoms with Gasteiger partial charge in [-0.25, -0.2) is 0 Å². The molecule has 1 fully saturated rings. The largest absolute Gasteiger partial charge is 0.497 e. The van der Waals surface area contributed by atoms with Crippen molar-refractivity contribution in [2.45, 2.75) is 44.1 Å². The molecule has 1 aromatic rings. The quantitative estimate of drug-likeness (QED) is 0.775. The van der Waals surface area contributed by atoms with Crippen molar-refractivity contribution in [1.82, 2.24) is 5.32 Å². The van der Waals surface area contributed by atoms with Gasteiger partial charge in [0.2, 0.25) is 0 Å². The van der Waals surface area contributed by atoms with Crippen LogP contribution in [0.2, 0.25) is 0 Å². The number of ether oxygens (including phenoxy) is 1. The molecule has 2 rings (SSSR count). The lowest BCUT2D eigenvalue weighted by Crippen LogP contribution is -2.44. The number of rotatable bonds is 6. The molecule has 0 atom stereocenters. The Morgan fingerprint density at radius 2 is 2.05 bits per heavy atom. The molecular formula is C16H26N2O. The molecule has 0 saturated heterocycles. The molecule has 106 valence electrons. The Bertz CT molecular complexity index is 386. The minimum absolute atomic E-state index is 0.127. The van der Waals surface area contributed by atoms with Gasteiger partial charge in [0.15, 0.2) is 0 Å². The molecule has 3 heteroatoms. The van der Waals surface area contributed by atoms with Crippen LogP contribution in [-0.4, -0.2) is 20.2 Å². The summed E-state index contributed by atoms with van der Waals surface area (Å²) in [6.45, 7) is 1.74. The average molecular weight is 262 g/mol. The van der Waals surface area contributed by atoms with Crippen LogP contribution in [0.15, 0.2) is 24.3 Å². The van der Waals surface area contributed by atoms with Crippen LogP contribution in [0.5, 0.6) is 5.75 Å². The van der Waals surface area contributed by atoms with E-state index < -0.39 is 0 Å². The van der Waals surface area contributed by atoms with E-state index in [9.17, 15) is 0 Å². The van der Waals surface area contributed by atoms with Crippen molar-refractivity contribution in [3.05, 3.63) is 29.8 Å². The summed E-state index contributed by atoms with van der Waals surface area (Å²) in [5.41, 5.74) is 7.10. The molecule has 0 heterocycles. The van der Waals surface area contributed by atoms with Gasteiger partial charge < -0.3 is 15.8 Å². The van der Waals surface area contributed by atoms with E-state index in [0.717, 1.165) is 25.3 Å². The molecule has 0 radical (unpaired) electrons. The first-order chi connectivity index (χ1) is 9.30. The van der Waals surface area contributed by atoms with E-state index in [1.807, 2.05) is 6.07 Å². The van der Waals surface area contributed by atoms with Gasteiger partial charge >= 0.3 is 0 Å². The third-order valence-electron chi connectivity index (χ3n) is 4.17. The second-order valence-electron chi connectivity index (χ2n) is 5.44. The number of hydrogen-bond acceptors (Lipinski definition) is 3. The zero-order valence-electron chi connectivity index (χ0n) is 12.0. The third-order valence-corrected chi connectivity index (χ3v) is 4.17. The number of nitrogens with one attached hydrogen (secondary N) is 1. The van der Waals surface area contributed by atoms with Gasteiger partial charge in [0.1, 0.15) is 5.75 Å². The van der Waals surface area contributed by atoms with Crippen molar-refractivity contribution in [1.29, 1.82) is 0 Å². The van der Waals surface area contributed by atoms with E-state index in [2.05, 4.69) is 23.5 Å². The molecule has 1 saturated carbocycles. The highest BCUT2D eigenvalue weighted by atomic mass is 16.5. The number of methoxy groups -OCH3 is 1. The lowest BCUT2D eigenvalue weighted by molar-refractivity contribution is 0.233. The fourth-order valence-corrected chi connectivity index (χ4v) is 3.07. The lowest BCUT2D eigenvalue weighted by atomic mass is 9.76. The van der Waals surface area contributed by atoms with Crippen molar-refractivity contribution >= 4 is 0 Å². The molecule has 0 spiro atoms. The van der Waals surface area contributed by atoms with Crippen molar-refractivity contribution in [2.75, 3.05) is 20.2 Å². The minimum Gasteiger partial charge on any atom is -0.497 e. The van der Waals surface area contributed by atoms with Crippen LogP contribution in [0.1, 0.15) is 44.1 Å². The summed E-state index contributed by atoms with van der Waals surface area (Å²) in [6, 6.07) is 8.51. The summed E-state index contributed by atoms with van der Waals surface area (Å²) in [5, 5.41) is 3.77. The predicted molar refractivity (Wildman–Crippen MR) is 79.4 cm³/mol. The van der Waals surface area contributed by atoms with Crippen LogP contribution in [0.4, 0.5) is 0 Å². The monoisotopic (exact) mass is 262 g/mol. The van der Waals surface area contributed by atoms with Gasteiger partial charge in [0, 0.05) is 5.54 Å². The van der Waals surface area contributed by atoms with Crippen molar-refractivity contribution in [2.24, 2.45) is 5.73 Å². The van der Waals surface area contributed by atoms with Gasteiger partial charge in [0.25, 0.3) is 0 Å². The Morgan fingerprint density at radius 1 is 1.26 bits per heavy atom. The number of hydrogen-bond donors (Lipinski definition) is 2. The van der Waals surface area contributed by atoms with Crippen molar-refractivity contribution < 1.29 is 4.74 Å². The lowest BCUT2D eigenvalue weighted by Gasteiger charge is -2.39. The normalized spacial score (nSPS) is 18.2. The smallest absolute Gasteiger partial charge is 0.119 e. The van der Waals surface area contributed by atoms with Crippen LogP contribution >= 0.6 is 0 Å². The van der Waals surface area contributed by atoms with Crippen molar-refractivity contribution in [3.8, 4) is 5.75 Å². The first-order valence-corrected chi connectivity index (χ1v) is 7.40. The molecule has 0 aliphatic heterocycles. The number of benzene rings is 1. The standard InChI is InChI=1S/C16H26N2O/c1-19-15-8-5-7-14(13-15)16(18-12-6-11-17)9-3-2-4-10-16/h5,7-8,13,18H,2-4,6,9-12,17H2,1H3. The van der Waals surface area contributed by atoms with Crippen LogP contribution in [0, 0.1) is 0 Å². The van der Waals surface area contributed by atoms with E-state index in [-0.39, 0.29) is 5.54 Å². The molecule has 1 aromatic carbocycles. The maximum atomic E-state index is 5.61. The Hall–Kier alpha value is -1.06. The Morgan fingerprint density at radius 3 is 2.74 bits per heavy atom. The van der Waals surface area contributed by atoms with Gasteiger partial charge in [0.05, 0.1) is 7.11 Å². The van der Waals surface area contributed by atoms with Crippen LogP contribution in [-0.2, 0) is 5.54 Å². The molecule has 19 heavy (non-hydrogen) atoms. The maximum absolute atomic E-state index is 5.61. The molecule has 1 aliphatic rings. The minimum atomic E-state index is 0.127. The van der Waals surface area contributed by atoms with Crippen LogP contribution in [0.3, 0.4) is 0 Å². The maximum Gasteiger partial charge on any atom is 0.119 e. The molecule has 0 unspecified atom stereocenters. The molecule has 0 amide bonds. The molecule has 0 aromatic heterocycles. The number of nitrogens with two attached hydrogens (primary N) is 1. The SMILES string of the molecule is COc1cccc(C2(NCCCN)CCCCC2)c1. The fraction of sp³-hybridized carbons (Fsp3) is 0.625. The molecule has 0 bridgehead atoms. The third kappa shape index (κ3) is 3.48. The summed E-state index contributed by atoms with van der Waals surface area (Å²) in [7, 11) is 1.73. The van der Waals surface area contributed by atoms with E-state index in [1.54, 1.807) is 7.11 Å². The van der Waals surface area contributed by atoms with Crippen LogP contribution in [0.25, 0.3) is 0 Å². The Labute approximate surface area is 116 Å². The highest BCUT2D eigenvalue weighted by Crippen LogP contribution is 2.38. The van der Waals surface area contributed by atoms with Crippen LogP contribution < -0.4 is 15.8 Å². The molecule has 1 aliphatic carbocycles. The van der Waals surface area contributed by atoms with Gasteiger partial charge in [-0.15, -0.1) is 0 Å². The van der Waals surface area contributed by atoms with Gasteiger partial charge in [-0.05, 0) is 50.0 Å². The summed E-state index contributed by atoms with van der Waals surface area (Å²) >= 11 is 0. The van der Waals surface area contributed by atoms with Gasteiger partial charge in [-0.3, -0.25) is 0 Å².